The standard InChI is InChI=1S/C13H18Cl2N2O2S.ClH/c1-9(16)12-7-2-3-8-17(12)20(18,19)13-10(14)5-4-6-11(13)15;/h4-6,9,12H,2-3,7-8,16H2,1H3;1H. The van der Waals surface area contributed by atoms with Crippen molar-refractivity contribution < 1.29 is 8.42 Å². The predicted molar refractivity (Wildman–Crippen MR) is 88.9 cm³/mol. The fourth-order valence-electron chi connectivity index (χ4n) is 2.60. The lowest BCUT2D eigenvalue weighted by Crippen LogP contribution is -2.51. The van der Waals surface area contributed by atoms with Crippen molar-refractivity contribution in [3.05, 3.63) is 28.2 Å². The second kappa shape index (κ2) is 7.49. The van der Waals surface area contributed by atoms with Crippen molar-refractivity contribution in [3.63, 3.8) is 0 Å². The van der Waals surface area contributed by atoms with Gasteiger partial charge in [0, 0.05) is 18.6 Å². The lowest BCUT2D eigenvalue weighted by atomic mass is 10.00. The van der Waals surface area contributed by atoms with E-state index in [1.54, 1.807) is 6.07 Å². The summed E-state index contributed by atoms with van der Waals surface area (Å²) in [5.74, 6) is 0. The Morgan fingerprint density at radius 3 is 2.38 bits per heavy atom. The van der Waals surface area contributed by atoms with Crippen molar-refractivity contribution in [2.24, 2.45) is 5.73 Å². The number of benzene rings is 1. The van der Waals surface area contributed by atoms with Crippen LogP contribution in [0.1, 0.15) is 26.2 Å². The number of rotatable bonds is 3. The third-order valence-electron chi connectivity index (χ3n) is 3.59. The van der Waals surface area contributed by atoms with Gasteiger partial charge in [-0.2, -0.15) is 4.31 Å². The molecule has 0 aromatic heterocycles. The summed E-state index contributed by atoms with van der Waals surface area (Å²) in [6.07, 6.45) is 2.57. The summed E-state index contributed by atoms with van der Waals surface area (Å²) in [4.78, 5) is -0.0177. The van der Waals surface area contributed by atoms with E-state index in [0.29, 0.717) is 6.54 Å². The van der Waals surface area contributed by atoms with Crippen molar-refractivity contribution in [3.8, 4) is 0 Å². The fourth-order valence-corrected chi connectivity index (χ4v) is 5.47. The molecule has 1 fully saturated rings. The van der Waals surface area contributed by atoms with Gasteiger partial charge in [-0.1, -0.05) is 35.7 Å². The Morgan fingerprint density at radius 1 is 1.29 bits per heavy atom. The smallest absolute Gasteiger partial charge is 0.246 e. The van der Waals surface area contributed by atoms with E-state index in [1.807, 2.05) is 6.92 Å². The molecule has 0 aliphatic carbocycles. The molecule has 1 aliphatic rings. The highest BCUT2D eigenvalue weighted by Gasteiger charge is 2.37. The summed E-state index contributed by atoms with van der Waals surface area (Å²) in [5.41, 5.74) is 5.94. The molecule has 1 aliphatic heterocycles. The molecule has 1 aromatic rings. The van der Waals surface area contributed by atoms with Crippen LogP contribution in [-0.2, 0) is 10.0 Å². The van der Waals surface area contributed by atoms with Crippen LogP contribution in [0.5, 0.6) is 0 Å². The van der Waals surface area contributed by atoms with E-state index in [2.05, 4.69) is 0 Å². The Bertz CT molecular complexity index is 573. The van der Waals surface area contributed by atoms with Crippen LogP contribution in [0.15, 0.2) is 23.1 Å². The van der Waals surface area contributed by atoms with E-state index < -0.39 is 10.0 Å². The van der Waals surface area contributed by atoms with Gasteiger partial charge in [0.05, 0.1) is 10.0 Å². The second-order valence-electron chi connectivity index (χ2n) is 5.09. The molecule has 1 heterocycles. The quantitative estimate of drug-likeness (QED) is 0.884. The monoisotopic (exact) mass is 372 g/mol. The van der Waals surface area contributed by atoms with Crippen LogP contribution in [0.3, 0.4) is 0 Å². The number of hydrogen-bond donors (Lipinski definition) is 1. The van der Waals surface area contributed by atoms with Crippen molar-refractivity contribution >= 4 is 45.6 Å². The lowest BCUT2D eigenvalue weighted by Gasteiger charge is -2.37. The molecule has 0 bridgehead atoms. The Morgan fingerprint density at radius 2 is 1.86 bits per heavy atom. The van der Waals surface area contributed by atoms with Gasteiger partial charge in [0.1, 0.15) is 4.90 Å². The minimum absolute atomic E-state index is 0. The van der Waals surface area contributed by atoms with Gasteiger partial charge in [0.2, 0.25) is 10.0 Å². The van der Waals surface area contributed by atoms with E-state index in [0.717, 1.165) is 19.3 Å². The zero-order valence-electron chi connectivity index (χ0n) is 11.6. The fraction of sp³-hybridized carbons (Fsp3) is 0.538. The second-order valence-corrected chi connectivity index (χ2v) is 7.73. The molecular weight excluding hydrogens is 355 g/mol. The van der Waals surface area contributed by atoms with E-state index in [4.69, 9.17) is 28.9 Å². The molecule has 1 aromatic carbocycles. The minimum Gasteiger partial charge on any atom is -0.326 e. The maximum atomic E-state index is 12.8. The number of sulfonamides is 1. The third kappa shape index (κ3) is 3.84. The first-order valence-electron chi connectivity index (χ1n) is 6.57. The van der Waals surface area contributed by atoms with Crippen LogP contribution in [0.2, 0.25) is 10.0 Å². The molecule has 2 N–H and O–H groups in total. The Hall–Kier alpha value is -0.0400. The topological polar surface area (TPSA) is 63.4 Å². The van der Waals surface area contributed by atoms with E-state index in [9.17, 15) is 8.42 Å². The number of nitrogens with zero attached hydrogens (tertiary/aromatic N) is 1. The molecule has 2 rings (SSSR count). The summed E-state index contributed by atoms with van der Waals surface area (Å²) < 4.78 is 27.1. The van der Waals surface area contributed by atoms with Crippen LogP contribution in [0, 0.1) is 0 Å². The van der Waals surface area contributed by atoms with Gasteiger partial charge >= 0.3 is 0 Å². The lowest BCUT2D eigenvalue weighted by molar-refractivity contribution is 0.227. The third-order valence-corrected chi connectivity index (χ3v) is 6.47. The van der Waals surface area contributed by atoms with Crippen molar-refractivity contribution in [2.75, 3.05) is 6.54 Å². The van der Waals surface area contributed by atoms with Crippen molar-refractivity contribution in [1.82, 2.24) is 4.31 Å². The van der Waals surface area contributed by atoms with Crippen LogP contribution < -0.4 is 5.73 Å². The van der Waals surface area contributed by atoms with Gasteiger partial charge < -0.3 is 5.73 Å². The van der Waals surface area contributed by atoms with E-state index in [-0.39, 0.29) is 39.4 Å². The molecule has 2 unspecified atom stereocenters. The Balaban J connectivity index is 0.00000220. The highest BCUT2D eigenvalue weighted by Crippen LogP contribution is 2.34. The van der Waals surface area contributed by atoms with E-state index in [1.165, 1.54) is 16.4 Å². The molecule has 0 spiro atoms. The number of piperidine rings is 1. The van der Waals surface area contributed by atoms with Gasteiger partial charge in [0.25, 0.3) is 0 Å². The van der Waals surface area contributed by atoms with Crippen molar-refractivity contribution in [1.29, 1.82) is 0 Å². The van der Waals surface area contributed by atoms with Crippen LogP contribution >= 0.6 is 35.6 Å². The first-order valence-corrected chi connectivity index (χ1v) is 8.76. The van der Waals surface area contributed by atoms with E-state index >= 15 is 0 Å². The van der Waals surface area contributed by atoms with Gasteiger partial charge in [-0.25, -0.2) is 8.42 Å². The molecule has 0 saturated carbocycles. The molecule has 8 heteroatoms. The van der Waals surface area contributed by atoms with Gasteiger partial charge in [-0.15, -0.1) is 12.4 Å². The largest absolute Gasteiger partial charge is 0.326 e. The molecule has 2 atom stereocenters. The van der Waals surface area contributed by atoms with Gasteiger partial charge in [0.15, 0.2) is 0 Å². The summed E-state index contributed by atoms with van der Waals surface area (Å²) >= 11 is 12.1. The maximum Gasteiger partial charge on any atom is 0.246 e. The number of halogens is 3. The minimum atomic E-state index is -3.73. The van der Waals surface area contributed by atoms with Gasteiger partial charge in [-0.3, -0.25) is 0 Å². The normalized spacial score (nSPS) is 21.6. The molecule has 4 nitrogen and oxygen atoms in total. The molecular formula is C13H19Cl3N2O2S. The molecule has 0 amide bonds. The average molecular weight is 374 g/mol. The first-order chi connectivity index (χ1) is 9.35. The van der Waals surface area contributed by atoms with Crippen LogP contribution in [-0.4, -0.2) is 31.4 Å². The molecule has 120 valence electrons. The number of nitrogens with two attached hydrogens (primary N) is 1. The van der Waals surface area contributed by atoms with Crippen LogP contribution in [0.4, 0.5) is 0 Å². The zero-order valence-corrected chi connectivity index (χ0v) is 14.8. The highest BCUT2D eigenvalue weighted by atomic mass is 35.5. The SMILES string of the molecule is CC(N)C1CCCCN1S(=O)(=O)c1c(Cl)cccc1Cl.Cl. The Labute approximate surface area is 142 Å². The summed E-state index contributed by atoms with van der Waals surface area (Å²) in [5, 5.41) is 0.290. The Kier molecular flexibility index (Phi) is 6.78. The highest BCUT2D eigenvalue weighted by molar-refractivity contribution is 7.89. The number of hydrogen-bond acceptors (Lipinski definition) is 3. The predicted octanol–water partition coefficient (Wildman–Crippen LogP) is 3.31. The average Bonchev–Trinajstić information content (AvgIpc) is 2.38. The molecule has 21 heavy (non-hydrogen) atoms. The molecule has 1 saturated heterocycles. The summed E-state index contributed by atoms with van der Waals surface area (Å²) in [6.45, 7) is 2.28. The maximum absolute atomic E-state index is 12.8. The first kappa shape index (κ1) is 19.0. The summed E-state index contributed by atoms with van der Waals surface area (Å²) in [6, 6.07) is 4.26. The molecule has 0 radical (unpaired) electrons. The van der Waals surface area contributed by atoms with Gasteiger partial charge in [-0.05, 0) is 31.9 Å². The van der Waals surface area contributed by atoms with Crippen molar-refractivity contribution in [2.45, 2.75) is 43.2 Å². The summed E-state index contributed by atoms with van der Waals surface area (Å²) in [7, 11) is -3.73. The van der Waals surface area contributed by atoms with Crippen LogP contribution in [0.25, 0.3) is 0 Å². The zero-order chi connectivity index (χ0) is 14.9.